The van der Waals surface area contributed by atoms with Crippen LogP contribution in [0.3, 0.4) is 0 Å². The minimum absolute atomic E-state index is 0.0759. The highest BCUT2D eigenvalue weighted by Crippen LogP contribution is 2.19. The van der Waals surface area contributed by atoms with Gasteiger partial charge in [0, 0.05) is 5.69 Å². The SMILES string of the molecule is Cc1ccccc1NC(=O)C[C@@H]1C(=O)OCN1C(=O)OCc1ccccc1. The van der Waals surface area contributed by atoms with Crippen molar-refractivity contribution < 1.29 is 23.9 Å². The Morgan fingerprint density at radius 3 is 2.59 bits per heavy atom. The Balaban J connectivity index is 1.59. The van der Waals surface area contributed by atoms with E-state index in [4.69, 9.17) is 9.47 Å². The molecule has 140 valence electrons. The summed E-state index contributed by atoms with van der Waals surface area (Å²) >= 11 is 0. The summed E-state index contributed by atoms with van der Waals surface area (Å²) in [5.41, 5.74) is 2.39. The average Bonchev–Trinajstić information content (AvgIpc) is 3.03. The Kier molecular flexibility index (Phi) is 5.71. The Morgan fingerprint density at radius 2 is 1.85 bits per heavy atom. The molecule has 0 unspecified atom stereocenters. The number of nitrogens with zero attached hydrogens (tertiary/aromatic N) is 1. The number of carbonyl (C=O) groups is 3. The number of ether oxygens (including phenoxy) is 2. The first-order chi connectivity index (χ1) is 13.0. The molecule has 0 saturated carbocycles. The minimum Gasteiger partial charge on any atom is -0.444 e. The number of cyclic esters (lactones) is 1. The summed E-state index contributed by atoms with van der Waals surface area (Å²) in [7, 11) is 0. The molecular weight excluding hydrogens is 348 g/mol. The van der Waals surface area contributed by atoms with Crippen molar-refractivity contribution in [2.75, 3.05) is 12.0 Å². The van der Waals surface area contributed by atoms with Crippen LogP contribution in [0, 0.1) is 6.92 Å². The number of amides is 2. The summed E-state index contributed by atoms with van der Waals surface area (Å²) in [6, 6.07) is 15.5. The topological polar surface area (TPSA) is 84.9 Å². The first-order valence-electron chi connectivity index (χ1n) is 8.54. The number of aryl methyl sites for hydroxylation is 1. The molecule has 7 nitrogen and oxygen atoms in total. The molecule has 0 radical (unpaired) electrons. The maximum atomic E-state index is 12.3. The molecular formula is C20H20N2O5. The van der Waals surface area contributed by atoms with Crippen LogP contribution in [0.5, 0.6) is 0 Å². The fourth-order valence-electron chi connectivity index (χ4n) is 2.71. The van der Waals surface area contributed by atoms with E-state index in [-0.39, 0.29) is 25.7 Å². The second-order valence-corrected chi connectivity index (χ2v) is 6.19. The molecule has 0 aromatic heterocycles. The lowest BCUT2D eigenvalue weighted by atomic mass is 10.1. The summed E-state index contributed by atoms with van der Waals surface area (Å²) in [5.74, 6) is -0.999. The molecule has 1 N–H and O–H groups in total. The number of rotatable bonds is 5. The van der Waals surface area contributed by atoms with Gasteiger partial charge in [-0.25, -0.2) is 9.59 Å². The van der Waals surface area contributed by atoms with Gasteiger partial charge in [0.05, 0.1) is 6.42 Å². The van der Waals surface area contributed by atoms with Crippen LogP contribution < -0.4 is 5.32 Å². The van der Waals surface area contributed by atoms with E-state index in [0.717, 1.165) is 16.0 Å². The van der Waals surface area contributed by atoms with Crippen molar-refractivity contribution in [2.45, 2.75) is 26.0 Å². The Morgan fingerprint density at radius 1 is 1.15 bits per heavy atom. The number of hydrogen-bond donors (Lipinski definition) is 1. The third-order valence-electron chi connectivity index (χ3n) is 4.23. The van der Waals surface area contributed by atoms with Crippen LogP contribution in [-0.4, -0.2) is 35.6 Å². The first kappa shape index (κ1) is 18.4. The molecule has 1 heterocycles. The number of benzene rings is 2. The largest absolute Gasteiger partial charge is 0.444 e. The number of carbonyl (C=O) groups excluding carboxylic acids is 3. The molecule has 3 rings (SSSR count). The van der Waals surface area contributed by atoms with Crippen molar-refractivity contribution in [3.05, 3.63) is 65.7 Å². The highest BCUT2D eigenvalue weighted by atomic mass is 16.6. The molecule has 1 saturated heterocycles. The van der Waals surface area contributed by atoms with Crippen LogP contribution in [0.1, 0.15) is 17.5 Å². The van der Waals surface area contributed by atoms with Gasteiger partial charge >= 0.3 is 12.1 Å². The zero-order valence-electron chi connectivity index (χ0n) is 14.9. The molecule has 0 spiro atoms. The predicted octanol–water partition coefficient (Wildman–Crippen LogP) is 2.85. The van der Waals surface area contributed by atoms with Crippen molar-refractivity contribution in [3.63, 3.8) is 0 Å². The molecule has 27 heavy (non-hydrogen) atoms. The van der Waals surface area contributed by atoms with Crippen LogP contribution in [0.15, 0.2) is 54.6 Å². The molecule has 2 aromatic rings. The molecule has 7 heteroatoms. The first-order valence-corrected chi connectivity index (χ1v) is 8.54. The van der Waals surface area contributed by atoms with Gasteiger partial charge in [0.2, 0.25) is 5.91 Å². The number of para-hydroxylation sites is 1. The third-order valence-corrected chi connectivity index (χ3v) is 4.23. The van der Waals surface area contributed by atoms with E-state index in [1.54, 1.807) is 12.1 Å². The summed E-state index contributed by atoms with van der Waals surface area (Å²) in [6.45, 7) is 1.72. The van der Waals surface area contributed by atoms with Gasteiger partial charge in [-0.3, -0.25) is 9.69 Å². The quantitative estimate of drug-likeness (QED) is 0.821. The molecule has 1 aliphatic heterocycles. The monoisotopic (exact) mass is 368 g/mol. The van der Waals surface area contributed by atoms with Gasteiger partial charge in [0.1, 0.15) is 12.6 Å². The van der Waals surface area contributed by atoms with Crippen molar-refractivity contribution in [1.82, 2.24) is 4.90 Å². The lowest BCUT2D eigenvalue weighted by Gasteiger charge is -2.19. The lowest BCUT2D eigenvalue weighted by molar-refractivity contribution is -0.140. The summed E-state index contributed by atoms with van der Waals surface area (Å²) in [6.07, 6.45) is -0.897. The Bertz CT molecular complexity index is 837. The van der Waals surface area contributed by atoms with Gasteiger partial charge in [0.25, 0.3) is 0 Å². The van der Waals surface area contributed by atoms with Crippen LogP contribution in [0.4, 0.5) is 10.5 Å². The molecule has 2 amide bonds. The second kappa shape index (κ2) is 8.35. The number of esters is 1. The fraction of sp³-hybridized carbons (Fsp3) is 0.250. The van der Waals surface area contributed by atoms with E-state index in [2.05, 4.69) is 5.32 Å². The van der Waals surface area contributed by atoms with Gasteiger partial charge in [-0.05, 0) is 24.1 Å². The van der Waals surface area contributed by atoms with Gasteiger partial charge in [0.15, 0.2) is 6.73 Å². The highest BCUT2D eigenvalue weighted by molar-refractivity contribution is 5.96. The predicted molar refractivity (Wildman–Crippen MR) is 97.6 cm³/mol. The Labute approximate surface area is 156 Å². The number of nitrogens with one attached hydrogen (secondary N) is 1. The molecule has 2 aromatic carbocycles. The van der Waals surface area contributed by atoms with E-state index in [9.17, 15) is 14.4 Å². The summed E-state index contributed by atoms with van der Waals surface area (Å²) in [5, 5.41) is 2.75. The normalized spacial score (nSPS) is 16.0. The summed E-state index contributed by atoms with van der Waals surface area (Å²) < 4.78 is 10.2. The van der Waals surface area contributed by atoms with E-state index in [0.29, 0.717) is 5.69 Å². The molecule has 1 atom stereocenters. The van der Waals surface area contributed by atoms with E-state index in [1.807, 2.05) is 49.4 Å². The maximum absolute atomic E-state index is 12.3. The van der Waals surface area contributed by atoms with E-state index in [1.165, 1.54) is 0 Å². The van der Waals surface area contributed by atoms with Crippen LogP contribution >= 0.6 is 0 Å². The van der Waals surface area contributed by atoms with Crippen LogP contribution in [0.2, 0.25) is 0 Å². The van der Waals surface area contributed by atoms with E-state index < -0.39 is 18.1 Å². The van der Waals surface area contributed by atoms with Crippen molar-refractivity contribution in [1.29, 1.82) is 0 Å². The van der Waals surface area contributed by atoms with Gasteiger partial charge in [-0.1, -0.05) is 48.5 Å². The third kappa shape index (κ3) is 4.63. The Hall–Kier alpha value is -3.35. The fourth-order valence-corrected chi connectivity index (χ4v) is 2.71. The standard InChI is InChI=1S/C20H20N2O5/c1-14-7-5-6-10-16(14)21-18(23)11-17-19(24)27-13-22(17)20(25)26-12-15-8-3-2-4-9-15/h2-10,17H,11-13H2,1H3,(H,21,23)/t17-/m1/s1. The maximum Gasteiger partial charge on any atom is 0.413 e. The average molecular weight is 368 g/mol. The zero-order chi connectivity index (χ0) is 19.2. The van der Waals surface area contributed by atoms with E-state index >= 15 is 0 Å². The zero-order valence-corrected chi connectivity index (χ0v) is 14.9. The second-order valence-electron chi connectivity index (χ2n) is 6.19. The minimum atomic E-state index is -1.00. The summed E-state index contributed by atoms with van der Waals surface area (Å²) in [4.78, 5) is 37.7. The van der Waals surface area contributed by atoms with Crippen LogP contribution in [0.25, 0.3) is 0 Å². The van der Waals surface area contributed by atoms with Gasteiger partial charge in [-0.15, -0.1) is 0 Å². The molecule has 1 fully saturated rings. The molecule has 1 aliphatic rings. The number of hydrogen-bond acceptors (Lipinski definition) is 5. The van der Waals surface area contributed by atoms with Crippen molar-refractivity contribution in [3.8, 4) is 0 Å². The smallest absolute Gasteiger partial charge is 0.413 e. The van der Waals surface area contributed by atoms with Gasteiger partial charge in [-0.2, -0.15) is 0 Å². The highest BCUT2D eigenvalue weighted by Gasteiger charge is 2.40. The lowest BCUT2D eigenvalue weighted by Crippen LogP contribution is -2.40. The number of anilines is 1. The molecule has 0 aliphatic carbocycles. The van der Waals surface area contributed by atoms with Crippen LogP contribution in [-0.2, 0) is 25.7 Å². The van der Waals surface area contributed by atoms with Crippen molar-refractivity contribution >= 4 is 23.7 Å². The van der Waals surface area contributed by atoms with Gasteiger partial charge < -0.3 is 14.8 Å². The van der Waals surface area contributed by atoms with Crippen molar-refractivity contribution in [2.24, 2.45) is 0 Å². The molecule has 0 bridgehead atoms.